The van der Waals surface area contributed by atoms with Gasteiger partial charge in [0.2, 0.25) is 0 Å². The molecule has 29 heavy (non-hydrogen) atoms. The molecule has 0 spiro atoms. The van der Waals surface area contributed by atoms with Crippen molar-refractivity contribution in [1.82, 2.24) is 10.8 Å². The number of ether oxygens (including phenoxy) is 1. The lowest BCUT2D eigenvalue weighted by molar-refractivity contribution is 0.0573. The Labute approximate surface area is 174 Å². The lowest BCUT2D eigenvalue weighted by Gasteiger charge is -2.25. The summed E-state index contributed by atoms with van der Waals surface area (Å²) in [6.45, 7) is 4.45. The van der Waals surface area contributed by atoms with Gasteiger partial charge < -0.3 is 30.2 Å². The second-order valence-corrected chi connectivity index (χ2v) is 6.85. The summed E-state index contributed by atoms with van der Waals surface area (Å²) in [4.78, 5) is 0. The van der Waals surface area contributed by atoms with Crippen LogP contribution in [-0.4, -0.2) is 50.5 Å². The fraction of sp³-hybridized carbons (Fsp3) is 0.400. The molecule has 5 N–H and O–H groups in total. The molecule has 0 unspecified atom stereocenters. The van der Waals surface area contributed by atoms with Gasteiger partial charge in [0.05, 0.1) is 19.3 Å². The van der Waals surface area contributed by atoms with E-state index >= 15 is 0 Å². The molecule has 2 rings (SSSR count). The Hall–Kier alpha value is -2.03. The van der Waals surface area contributed by atoms with Crippen molar-refractivity contribution in [1.29, 1.82) is 0 Å². The van der Waals surface area contributed by atoms with Gasteiger partial charge in [-0.15, -0.1) is 0 Å². The van der Waals surface area contributed by atoms with Crippen LogP contribution in [0.3, 0.4) is 0 Å². The molecule has 155 valence electrons. The molecule has 9 heteroatoms. The van der Waals surface area contributed by atoms with E-state index in [1.54, 1.807) is 20.8 Å². The van der Waals surface area contributed by atoms with Gasteiger partial charge >= 0.3 is 14.5 Å². The van der Waals surface area contributed by atoms with Gasteiger partial charge in [-0.05, 0) is 48.6 Å². The number of rotatable bonds is 13. The van der Waals surface area contributed by atoms with Crippen molar-refractivity contribution in [3.05, 3.63) is 59.7 Å². The van der Waals surface area contributed by atoms with Crippen LogP contribution in [0, 0.1) is 0 Å². The van der Waals surface area contributed by atoms with Gasteiger partial charge in [-0.1, -0.05) is 31.1 Å². The second kappa shape index (κ2) is 12.5. The predicted octanol–water partition coefficient (Wildman–Crippen LogP) is 1.47. The molecule has 0 amide bonds. The summed E-state index contributed by atoms with van der Waals surface area (Å²) in [6.07, 6.45) is -0.112. The van der Waals surface area contributed by atoms with E-state index in [1.807, 2.05) is 48.5 Å². The topological polar surface area (TPSA) is 95.0 Å². The van der Waals surface area contributed by atoms with E-state index < -0.39 is 13.2 Å². The fourth-order valence-corrected chi connectivity index (χ4v) is 2.98. The van der Waals surface area contributed by atoms with Crippen LogP contribution in [0.5, 0.6) is 5.75 Å². The first kappa shape index (κ1) is 23.3. The third-order valence-electron chi connectivity index (χ3n) is 4.38. The molecule has 2 atom stereocenters. The number of aliphatic hydroxyl groups is 1. The van der Waals surface area contributed by atoms with Crippen LogP contribution < -0.4 is 20.8 Å². The van der Waals surface area contributed by atoms with Crippen molar-refractivity contribution in [2.24, 2.45) is 0 Å². The summed E-state index contributed by atoms with van der Waals surface area (Å²) < 4.78 is 10.5. The molecule has 2 aromatic carbocycles. The van der Waals surface area contributed by atoms with Crippen LogP contribution in [0.4, 0.5) is 5.69 Å². The second-order valence-electron chi connectivity index (χ2n) is 6.85. The monoisotopic (exact) mass is 398 g/mol. The van der Waals surface area contributed by atoms with Gasteiger partial charge in [0.25, 0.3) is 0 Å². The molecule has 7 nitrogen and oxygen atoms in total. The maximum Gasteiger partial charge on any atom is 0.406 e. The molecular weight excluding hydrogens is 368 g/mol. The third-order valence-corrected chi connectivity index (χ3v) is 4.38. The summed E-state index contributed by atoms with van der Waals surface area (Å²) in [5, 5.41) is 26.4. The molecule has 0 fully saturated rings. The van der Waals surface area contributed by atoms with Crippen molar-refractivity contribution in [2.45, 2.75) is 38.8 Å². The highest BCUT2D eigenvalue weighted by Gasteiger charge is 2.20. The normalized spacial score (nSPS) is 12.9. The Morgan fingerprint density at radius 1 is 1.14 bits per heavy atom. The summed E-state index contributed by atoms with van der Waals surface area (Å²) in [6, 6.07) is 15.2. The van der Waals surface area contributed by atoms with E-state index in [-0.39, 0.29) is 6.04 Å². The number of hydroxylamine groups is 1. The molecule has 0 saturated carbocycles. The zero-order valence-electron chi connectivity index (χ0n) is 17.3. The maximum absolute atomic E-state index is 10.7. The highest BCUT2D eigenvalue weighted by molar-refractivity contribution is 6.52. The van der Waals surface area contributed by atoms with E-state index in [4.69, 9.17) is 9.49 Å². The van der Waals surface area contributed by atoms with Crippen LogP contribution in [0.2, 0.25) is 13.6 Å². The Balaban J connectivity index is 1.93. The SMILES string of the molecule is C[B]ON[C@@H](Cc1cccc(NB(C)O)c1)[C@H](O)CNCc1cccc(OC)c1. The predicted molar refractivity (Wildman–Crippen MR) is 118 cm³/mol. The number of anilines is 1. The molecule has 0 aliphatic carbocycles. The molecule has 0 saturated heterocycles. The van der Waals surface area contributed by atoms with E-state index in [9.17, 15) is 10.1 Å². The summed E-state index contributed by atoms with van der Waals surface area (Å²) in [7, 11) is 2.54. The largest absolute Gasteiger partial charge is 0.497 e. The van der Waals surface area contributed by atoms with Crippen LogP contribution in [0.25, 0.3) is 0 Å². The van der Waals surface area contributed by atoms with Crippen LogP contribution in [0.1, 0.15) is 11.1 Å². The molecule has 0 heterocycles. The highest BCUT2D eigenvalue weighted by atomic mass is 16.6. The van der Waals surface area contributed by atoms with Gasteiger partial charge in [-0.2, -0.15) is 0 Å². The minimum atomic E-state index is -0.672. The van der Waals surface area contributed by atoms with Gasteiger partial charge in [0, 0.05) is 18.8 Å². The van der Waals surface area contributed by atoms with E-state index in [2.05, 4.69) is 16.0 Å². The summed E-state index contributed by atoms with van der Waals surface area (Å²) >= 11 is 0. The quantitative estimate of drug-likeness (QED) is 0.258. The standard InChI is InChI=1S/C20H30B2N3O4/c1-21-29-25-19(12-15-6-4-8-17(10-15)24-22(2)27)20(26)14-23-13-16-7-5-9-18(11-16)28-3/h4-11,19-20,23-27H,12-14H2,1-3H3/t19-,20+/m0/s1. The van der Waals surface area contributed by atoms with E-state index in [1.165, 1.54) is 7.48 Å². The first-order valence-electron chi connectivity index (χ1n) is 9.76. The molecule has 2 aromatic rings. The third kappa shape index (κ3) is 8.47. The zero-order chi connectivity index (χ0) is 21.1. The summed E-state index contributed by atoms with van der Waals surface area (Å²) in [5.74, 6) is 0.807. The Kier molecular flexibility index (Phi) is 10.0. The molecule has 0 aromatic heterocycles. The molecular formula is C20H30B2N3O4. The average Bonchev–Trinajstić information content (AvgIpc) is 2.71. The van der Waals surface area contributed by atoms with Crippen LogP contribution in [-0.2, 0) is 17.7 Å². The van der Waals surface area contributed by atoms with E-state index in [0.717, 1.165) is 22.6 Å². The smallest absolute Gasteiger partial charge is 0.406 e. The Morgan fingerprint density at radius 3 is 2.62 bits per heavy atom. The van der Waals surface area contributed by atoms with Gasteiger partial charge in [-0.25, -0.2) is 5.48 Å². The maximum atomic E-state index is 10.7. The zero-order valence-corrected chi connectivity index (χ0v) is 17.3. The first-order chi connectivity index (χ1) is 14.0. The average molecular weight is 398 g/mol. The molecule has 0 aliphatic rings. The van der Waals surface area contributed by atoms with Crippen molar-refractivity contribution >= 4 is 20.2 Å². The number of hydrogen-bond donors (Lipinski definition) is 5. The lowest BCUT2D eigenvalue weighted by atomic mass is 9.88. The lowest BCUT2D eigenvalue weighted by Crippen LogP contribution is -2.46. The van der Waals surface area contributed by atoms with Gasteiger partial charge in [0.15, 0.2) is 0 Å². The highest BCUT2D eigenvalue weighted by Crippen LogP contribution is 2.15. The number of methoxy groups -OCH3 is 1. The van der Waals surface area contributed by atoms with Crippen molar-refractivity contribution < 1.29 is 19.6 Å². The summed E-state index contributed by atoms with van der Waals surface area (Å²) in [5.41, 5.74) is 5.83. The minimum absolute atomic E-state index is 0.314. The van der Waals surface area contributed by atoms with Crippen LogP contribution >= 0.6 is 0 Å². The van der Waals surface area contributed by atoms with Crippen LogP contribution in [0.15, 0.2) is 48.5 Å². The molecule has 0 bridgehead atoms. The first-order valence-corrected chi connectivity index (χ1v) is 9.76. The fourth-order valence-electron chi connectivity index (χ4n) is 2.98. The Morgan fingerprint density at radius 2 is 1.90 bits per heavy atom. The number of hydrogen-bond acceptors (Lipinski definition) is 7. The number of nitrogens with one attached hydrogen (secondary N) is 3. The van der Waals surface area contributed by atoms with Crippen molar-refractivity contribution in [3.8, 4) is 5.75 Å². The number of benzene rings is 2. The van der Waals surface area contributed by atoms with Gasteiger partial charge in [0.1, 0.15) is 5.75 Å². The van der Waals surface area contributed by atoms with Crippen molar-refractivity contribution in [3.63, 3.8) is 0 Å². The molecule has 0 aliphatic heterocycles. The van der Waals surface area contributed by atoms with Crippen molar-refractivity contribution in [2.75, 3.05) is 18.9 Å². The van der Waals surface area contributed by atoms with Gasteiger partial charge in [-0.3, -0.25) is 0 Å². The Bertz CT molecular complexity index is 736. The molecule has 1 radical (unpaired) electrons. The minimum Gasteiger partial charge on any atom is -0.497 e. The van der Waals surface area contributed by atoms with E-state index in [0.29, 0.717) is 19.5 Å². The number of aliphatic hydroxyl groups excluding tert-OH is 1.